The molecule has 1 aliphatic heterocycles. The van der Waals surface area contributed by atoms with Crippen molar-refractivity contribution in [1.29, 1.82) is 0 Å². The van der Waals surface area contributed by atoms with Crippen LogP contribution in [0, 0.1) is 12.8 Å². The molecule has 9 heteroatoms. The average molecular weight is 395 g/mol. The minimum Gasteiger partial charge on any atom is -0.368 e. The second-order valence-electron chi connectivity index (χ2n) is 6.88. The number of hydrogen-bond acceptors (Lipinski definition) is 4. The van der Waals surface area contributed by atoms with E-state index in [0.717, 1.165) is 23.8 Å². The molecule has 2 aromatic rings. The standard InChI is InChI=1S/C18H16F3N3O2S/c1-8-23-14(17(26)24-12-6-9(12)7-13(24)16(22)25)15(27-8)10-4-2-3-5-11(10)18(19,20)21/h2-5,9,12-13H,6-7H2,1H3,(H2,22,25)/t9-,12+,13+/m1/s1. The van der Waals surface area contributed by atoms with Crippen molar-refractivity contribution in [2.45, 2.75) is 38.0 Å². The second-order valence-corrected chi connectivity index (χ2v) is 8.09. The molecular weight excluding hydrogens is 379 g/mol. The van der Waals surface area contributed by atoms with Crippen LogP contribution in [0.4, 0.5) is 13.2 Å². The van der Waals surface area contributed by atoms with Crippen molar-refractivity contribution in [2.24, 2.45) is 11.7 Å². The lowest BCUT2D eigenvalue weighted by Gasteiger charge is -2.25. The summed E-state index contributed by atoms with van der Waals surface area (Å²) in [6, 6.07) is 4.31. The number of likely N-dealkylation sites (tertiary alicyclic amines) is 1. The van der Waals surface area contributed by atoms with Crippen LogP contribution >= 0.6 is 11.3 Å². The molecule has 0 spiro atoms. The molecule has 1 saturated carbocycles. The van der Waals surface area contributed by atoms with Gasteiger partial charge in [0, 0.05) is 11.6 Å². The predicted octanol–water partition coefficient (Wildman–Crippen LogP) is 3.23. The van der Waals surface area contributed by atoms with Crippen molar-refractivity contribution in [1.82, 2.24) is 9.88 Å². The Balaban J connectivity index is 1.79. The van der Waals surface area contributed by atoms with Crippen LogP contribution in [0.1, 0.15) is 33.9 Å². The highest BCUT2D eigenvalue weighted by molar-refractivity contribution is 7.15. The molecule has 0 bridgehead atoms. The predicted molar refractivity (Wildman–Crippen MR) is 93.0 cm³/mol. The molecule has 2 aliphatic rings. The number of amides is 2. The van der Waals surface area contributed by atoms with Gasteiger partial charge in [-0.1, -0.05) is 18.2 Å². The number of benzene rings is 1. The first-order valence-corrected chi connectivity index (χ1v) is 9.26. The van der Waals surface area contributed by atoms with E-state index in [1.807, 2.05) is 0 Å². The molecule has 2 N–H and O–H groups in total. The number of carbonyl (C=O) groups excluding carboxylic acids is 2. The van der Waals surface area contributed by atoms with Crippen LogP contribution in [0.3, 0.4) is 0 Å². The summed E-state index contributed by atoms with van der Waals surface area (Å²) in [6.07, 6.45) is -3.27. The van der Waals surface area contributed by atoms with Crippen LogP contribution in [0.5, 0.6) is 0 Å². The first-order valence-electron chi connectivity index (χ1n) is 8.44. The number of thiazole rings is 1. The van der Waals surface area contributed by atoms with Gasteiger partial charge < -0.3 is 10.6 Å². The van der Waals surface area contributed by atoms with Crippen molar-refractivity contribution in [3.8, 4) is 10.4 Å². The van der Waals surface area contributed by atoms with E-state index in [0.29, 0.717) is 11.4 Å². The average Bonchev–Trinajstić information content (AvgIpc) is 3.08. The maximum atomic E-state index is 13.4. The number of nitrogens with zero attached hydrogens (tertiary/aromatic N) is 2. The van der Waals surface area contributed by atoms with Crippen LogP contribution in [-0.2, 0) is 11.0 Å². The Morgan fingerprint density at radius 2 is 1.96 bits per heavy atom. The number of halogens is 3. The Kier molecular flexibility index (Phi) is 4.03. The van der Waals surface area contributed by atoms with E-state index in [1.165, 1.54) is 23.1 Å². The van der Waals surface area contributed by atoms with Gasteiger partial charge in [0.2, 0.25) is 5.91 Å². The monoisotopic (exact) mass is 395 g/mol. The molecule has 1 aromatic carbocycles. The van der Waals surface area contributed by atoms with E-state index in [1.54, 1.807) is 6.92 Å². The Labute approximate surface area is 157 Å². The van der Waals surface area contributed by atoms with E-state index in [-0.39, 0.29) is 28.1 Å². The van der Waals surface area contributed by atoms with Crippen molar-refractivity contribution in [3.05, 3.63) is 40.5 Å². The van der Waals surface area contributed by atoms with Gasteiger partial charge in [-0.25, -0.2) is 4.98 Å². The van der Waals surface area contributed by atoms with Gasteiger partial charge in [0.15, 0.2) is 0 Å². The van der Waals surface area contributed by atoms with Crippen molar-refractivity contribution < 1.29 is 22.8 Å². The smallest absolute Gasteiger partial charge is 0.368 e. The van der Waals surface area contributed by atoms with E-state index in [2.05, 4.69) is 4.98 Å². The number of nitrogens with two attached hydrogens (primary N) is 1. The molecule has 142 valence electrons. The lowest BCUT2D eigenvalue weighted by molar-refractivity contribution is -0.137. The molecule has 27 heavy (non-hydrogen) atoms. The van der Waals surface area contributed by atoms with Gasteiger partial charge in [-0.2, -0.15) is 13.2 Å². The molecule has 1 saturated heterocycles. The van der Waals surface area contributed by atoms with E-state index in [9.17, 15) is 22.8 Å². The Hall–Kier alpha value is -2.42. The zero-order chi connectivity index (χ0) is 19.5. The molecule has 1 aromatic heterocycles. The summed E-state index contributed by atoms with van der Waals surface area (Å²) in [4.78, 5) is 30.7. The zero-order valence-electron chi connectivity index (χ0n) is 14.3. The molecule has 0 unspecified atom stereocenters. The van der Waals surface area contributed by atoms with Crippen molar-refractivity contribution >= 4 is 23.2 Å². The molecule has 2 amide bonds. The maximum Gasteiger partial charge on any atom is 0.417 e. The molecule has 0 radical (unpaired) electrons. The number of primary amides is 1. The summed E-state index contributed by atoms with van der Waals surface area (Å²) in [6.45, 7) is 1.64. The van der Waals surface area contributed by atoms with E-state index in [4.69, 9.17) is 5.73 Å². The third-order valence-corrected chi connectivity index (χ3v) is 6.09. The van der Waals surface area contributed by atoms with Gasteiger partial charge in [0.25, 0.3) is 5.91 Å². The fourth-order valence-corrected chi connectivity index (χ4v) is 4.76. The number of rotatable bonds is 3. The van der Waals surface area contributed by atoms with Crippen LogP contribution in [0.2, 0.25) is 0 Å². The Morgan fingerprint density at radius 1 is 1.26 bits per heavy atom. The fraction of sp³-hybridized carbons (Fsp3) is 0.389. The summed E-state index contributed by atoms with van der Waals surface area (Å²) >= 11 is 1.03. The molecule has 5 nitrogen and oxygen atoms in total. The Bertz CT molecular complexity index is 940. The van der Waals surface area contributed by atoms with Gasteiger partial charge in [-0.05, 0) is 31.7 Å². The number of fused-ring (bicyclic) bond motifs is 1. The minimum atomic E-state index is -4.56. The quantitative estimate of drug-likeness (QED) is 0.867. The molecule has 2 fully saturated rings. The van der Waals surface area contributed by atoms with Gasteiger partial charge in [0.05, 0.1) is 15.4 Å². The summed E-state index contributed by atoms with van der Waals surface area (Å²) in [5.41, 5.74) is 4.47. The summed E-state index contributed by atoms with van der Waals surface area (Å²) in [7, 11) is 0. The normalized spacial score (nSPS) is 24.0. The Morgan fingerprint density at radius 3 is 2.63 bits per heavy atom. The largest absolute Gasteiger partial charge is 0.417 e. The highest BCUT2D eigenvalue weighted by Gasteiger charge is 2.56. The fourth-order valence-electron chi connectivity index (χ4n) is 3.81. The van der Waals surface area contributed by atoms with Gasteiger partial charge >= 0.3 is 6.18 Å². The van der Waals surface area contributed by atoms with E-state index < -0.39 is 29.6 Å². The molecular formula is C18H16F3N3O2S. The van der Waals surface area contributed by atoms with Crippen LogP contribution in [-0.4, -0.2) is 33.8 Å². The summed E-state index contributed by atoms with van der Waals surface area (Å²) in [5, 5.41) is 0.479. The number of aryl methyl sites for hydroxylation is 1. The van der Waals surface area contributed by atoms with Gasteiger partial charge in [-0.3, -0.25) is 9.59 Å². The zero-order valence-corrected chi connectivity index (χ0v) is 15.1. The number of piperidine rings is 1. The van der Waals surface area contributed by atoms with Crippen LogP contribution in [0.15, 0.2) is 24.3 Å². The first-order chi connectivity index (χ1) is 12.7. The SMILES string of the molecule is Cc1nc(C(=O)N2[C@H](C(N)=O)C[C@H]3C[C@@H]32)c(-c2ccccc2C(F)(F)F)s1. The van der Waals surface area contributed by atoms with Gasteiger partial charge in [0.1, 0.15) is 11.7 Å². The van der Waals surface area contributed by atoms with Crippen LogP contribution in [0.25, 0.3) is 10.4 Å². The number of carbonyl (C=O) groups is 2. The highest BCUT2D eigenvalue weighted by Crippen LogP contribution is 2.49. The number of hydrogen-bond donors (Lipinski definition) is 1. The molecule has 2 heterocycles. The van der Waals surface area contributed by atoms with E-state index >= 15 is 0 Å². The highest BCUT2D eigenvalue weighted by atomic mass is 32.1. The number of aromatic nitrogens is 1. The lowest BCUT2D eigenvalue weighted by Crippen LogP contribution is -2.46. The van der Waals surface area contributed by atoms with Crippen molar-refractivity contribution in [2.75, 3.05) is 0 Å². The lowest BCUT2D eigenvalue weighted by atomic mass is 10.0. The summed E-state index contributed by atoms with van der Waals surface area (Å²) in [5.74, 6) is -0.892. The molecule has 3 atom stereocenters. The third kappa shape index (κ3) is 2.99. The number of alkyl halides is 3. The topological polar surface area (TPSA) is 76.3 Å². The van der Waals surface area contributed by atoms with Crippen molar-refractivity contribution in [3.63, 3.8) is 0 Å². The second kappa shape index (κ2) is 6.05. The van der Waals surface area contributed by atoms with Crippen LogP contribution < -0.4 is 5.73 Å². The minimum absolute atomic E-state index is 0.0481. The first kappa shape index (κ1) is 18.0. The van der Waals surface area contributed by atoms with Gasteiger partial charge in [-0.15, -0.1) is 11.3 Å². The third-order valence-electron chi connectivity index (χ3n) is 5.08. The maximum absolute atomic E-state index is 13.4. The molecule has 4 rings (SSSR count). The summed E-state index contributed by atoms with van der Waals surface area (Å²) < 4.78 is 40.3. The molecule has 1 aliphatic carbocycles.